The highest BCUT2D eigenvalue weighted by Gasteiger charge is 2.36. The fourth-order valence-corrected chi connectivity index (χ4v) is 2.18. The molecule has 1 rings (SSSR count). The molecular weight excluding hydrogens is 234 g/mol. The predicted molar refractivity (Wildman–Crippen MR) is 66.1 cm³/mol. The molecular formula is C13H19NO4. The summed E-state index contributed by atoms with van der Waals surface area (Å²) in [5, 5.41) is 0. The van der Waals surface area contributed by atoms with Crippen LogP contribution in [0.2, 0.25) is 0 Å². The van der Waals surface area contributed by atoms with Crippen LogP contribution in [0.4, 0.5) is 4.79 Å². The maximum atomic E-state index is 11.8. The van der Waals surface area contributed by atoms with E-state index >= 15 is 0 Å². The SMILES string of the molecule is CCOC(=O)N1CCC=CC1C(C(C)=O)C(C)=O. The van der Waals surface area contributed by atoms with Crippen molar-refractivity contribution in [1.29, 1.82) is 0 Å². The summed E-state index contributed by atoms with van der Waals surface area (Å²) in [5.41, 5.74) is 0. The Bertz CT molecular complexity index is 361. The van der Waals surface area contributed by atoms with E-state index in [0.29, 0.717) is 13.0 Å². The van der Waals surface area contributed by atoms with Crippen LogP contribution in [-0.2, 0) is 14.3 Å². The van der Waals surface area contributed by atoms with Crippen molar-refractivity contribution in [1.82, 2.24) is 4.90 Å². The summed E-state index contributed by atoms with van der Waals surface area (Å²) in [5.74, 6) is -1.26. The minimum atomic E-state index is -0.800. The van der Waals surface area contributed by atoms with Crippen molar-refractivity contribution < 1.29 is 19.1 Å². The molecule has 0 saturated heterocycles. The van der Waals surface area contributed by atoms with Gasteiger partial charge in [0.15, 0.2) is 0 Å². The minimum Gasteiger partial charge on any atom is -0.450 e. The van der Waals surface area contributed by atoms with Gasteiger partial charge in [-0.2, -0.15) is 0 Å². The molecule has 100 valence electrons. The molecule has 0 spiro atoms. The van der Waals surface area contributed by atoms with E-state index in [1.807, 2.05) is 6.08 Å². The average molecular weight is 253 g/mol. The number of ether oxygens (including phenoxy) is 1. The lowest BCUT2D eigenvalue weighted by Crippen LogP contribution is -2.49. The van der Waals surface area contributed by atoms with E-state index in [1.165, 1.54) is 18.7 Å². The summed E-state index contributed by atoms with van der Waals surface area (Å²) in [4.78, 5) is 36.4. The molecule has 5 nitrogen and oxygen atoms in total. The highest BCUT2D eigenvalue weighted by atomic mass is 16.6. The zero-order valence-electron chi connectivity index (χ0n) is 11.0. The molecule has 1 aliphatic heterocycles. The molecule has 0 fully saturated rings. The quantitative estimate of drug-likeness (QED) is 0.563. The van der Waals surface area contributed by atoms with Crippen LogP contribution in [0.25, 0.3) is 0 Å². The number of carbonyl (C=O) groups excluding carboxylic acids is 3. The minimum absolute atomic E-state index is 0.228. The molecule has 18 heavy (non-hydrogen) atoms. The summed E-state index contributed by atoms with van der Waals surface area (Å²) >= 11 is 0. The summed E-state index contributed by atoms with van der Waals surface area (Å²) in [7, 11) is 0. The van der Waals surface area contributed by atoms with Gasteiger partial charge in [0, 0.05) is 6.54 Å². The van der Waals surface area contributed by atoms with E-state index in [1.54, 1.807) is 13.0 Å². The van der Waals surface area contributed by atoms with Crippen LogP contribution in [0.15, 0.2) is 12.2 Å². The van der Waals surface area contributed by atoms with Gasteiger partial charge in [0.2, 0.25) is 0 Å². The first-order valence-corrected chi connectivity index (χ1v) is 6.10. The highest BCUT2D eigenvalue weighted by Crippen LogP contribution is 2.21. The largest absolute Gasteiger partial charge is 0.450 e. The summed E-state index contributed by atoms with van der Waals surface area (Å²) in [6.07, 6.45) is 3.87. The molecule has 1 aliphatic rings. The second-order valence-corrected chi connectivity index (χ2v) is 4.30. The molecule has 0 saturated carbocycles. The second-order valence-electron chi connectivity index (χ2n) is 4.30. The average Bonchev–Trinajstić information content (AvgIpc) is 2.29. The number of ketones is 2. The molecule has 0 aliphatic carbocycles. The van der Waals surface area contributed by atoms with Gasteiger partial charge in [-0.25, -0.2) is 4.79 Å². The maximum Gasteiger partial charge on any atom is 0.410 e. The van der Waals surface area contributed by atoms with Gasteiger partial charge in [-0.3, -0.25) is 9.59 Å². The first kappa shape index (κ1) is 14.4. The Morgan fingerprint density at radius 2 is 1.94 bits per heavy atom. The Morgan fingerprint density at radius 1 is 1.33 bits per heavy atom. The molecule has 0 radical (unpaired) electrons. The van der Waals surface area contributed by atoms with Crippen LogP contribution in [0, 0.1) is 5.92 Å². The number of Topliss-reactive ketones (excluding diaryl/α,β-unsaturated/α-hetero) is 2. The van der Waals surface area contributed by atoms with Gasteiger partial charge in [-0.15, -0.1) is 0 Å². The Morgan fingerprint density at radius 3 is 2.44 bits per heavy atom. The monoisotopic (exact) mass is 253 g/mol. The van der Waals surface area contributed by atoms with Gasteiger partial charge in [0.1, 0.15) is 11.6 Å². The molecule has 0 aromatic carbocycles. The van der Waals surface area contributed by atoms with E-state index in [9.17, 15) is 14.4 Å². The molecule has 1 heterocycles. The van der Waals surface area contributed by atoms with Gasteiger partial charge in [-0.1, -0.05) is 12.2 Å². The van der Waals surface area contributed by atoms with Gasteiger partial charge in [0.25, 0.3) is 0 Å². The standard InChI is InChI=1S/C13H19NO4/c1-4-18-13(17)14-8-6-5-7-11(14)12(9(2)15)10(3)16/h5,7,11-12H,4,6,8H2,1-3H3. The smallest absolute Gasteiger partial charge is 0.410 e. The van der Waals surface area contributed by atoms with Crippen molar-refractivity contribution >= 4 is 17.7 Å². The van der Waals surface area contributed by atoms with Crippen molar-refractivity contribution in [2.45, 2.75) is 33.2 Å². The van der Waals surface area contributed by atoms with Crippen LogP contribution in [-0.4, -0.2) is 41.8 Å². The lowest BCUT2D eigenvalue weighted by atomic mass is 9.89. The fraction of sp³-hybridized carbons (Fsp3) is 0.615. The molecule has 1 atom stereocenters. The second kappa shape index (κ2) is 6.33. The third-order valence-corrected chi connectivity index (χ3v) is 2.95. The highest BCUT2D eigenvalue weighted by molar-refractivity contribution is 6.01. The van der Waals surface area contributed by atoms with E-state index in [0.717, 1.165) is 0 Å². The van der Waals surface area contributed by atoms with Crippen LogP contribution >= 0.6 is 0 Å². The number of amides is 1. The van der Waals surface area contributed by atoms with Crippen molar-refractivity contribution in [3.63, 3.8) is 0 Å². The van der Waals surface area contributed by atoms with Crippen molar-refractivity contribution in [3.8, 4) is 0 Å². The van der Waals surface area contributed by atoms with E-state index in [4.69, 9.17) is 4.74 Å². The maximum absolute atomic E-state index is 11.8. The molecule has 0 aromatic heterocycles. The van der Waals surface area contributed by atoms with Gasteiger partial charge >= 0.3 is 6.09 Å². The van der Waals surface area contributed by atoms with E-state index < -0.39 is 18.1 Å². The number of carbonyl (C=O) groups is 3. The first-order chi connectivity index (χ1) is 8.49. The summed E-state index contributed by atoms with van der Waals surface area (Å²) < 4.78 is 4.95. The lowest BCUT2D eigenvalue weighted by molar-refractivity contribution is -0.132. The van der Waals surface area contributed by atoms with E-state index in [2.05, 4.69) is 0 Å². The molecule has 0 aromatic rings. The summed E-state index contributed by atoms with van der Waals surface area (Å²) in [6.45, 7) is 5.21. The Hall–Kier alpha value is -1.65. The topological polar surface area (TPSA) is 63.7 Å². The summed E-state index contributed by atoms with van der Waals surface area (Å²) in [6, 6.07) is -0.521. The van der Waals surface area contributed by atoms with Gasteiger partial charge < -0.3 is 9.64 Å². The number of nitrogens with zero attached hydrogens (tertiary/aromatic N) is 1. The van der Waals surface area contributed by atoms with Crippen LogP contribution in [0.5, 0.6) is 0 Å². The number of hydrogen-bond acceptors (Lipinski definition) is 4. The van der Waals surface area contributed by atoms with Crippen LogP contribution in [0.3, 0.4) is 0 Å². The van der Waals surface area contributed by atoms with Crippen molar-refractivity contribution in [2.75, 3.05) is 13.2 Å². The lowest BCUT2D eigenvalue weighted by Gasteiger charge is -2.34. The Labute approximate surface area is 107 Å². The molecule has 1 unspecified atom stereocenters. The third-order valence-electron chi connectivity index (χ3n) is 2.95. The first-order valence-electron chi connectivity index (χ1n) is 6.10. The number of rotatable bonds is 4. The molecule has 0 bridgehead atoms. The molecule has 1 amide bonds. The van der Waals surface area contributed by atoms with Crippen LogP contribution in [0.1, 0.15) is 27.2 Å². The molecule has 0 N–H and O–H groups in total. The normalized spacial score (nSPS) is 18.9. The van der Waals surface area contributed by atoms with E-state index in [-0.39, 0.29) is 18.2 Å². The Kier molecular flexibility index (Phi) is 5.07. The third kappa shape index (κ3) is 3.18. The van der Waals surface area contributed by atoms with Crippen molar-refractivity contribution in [3.05, 3.63) is 12.2 Å². The number of hydrogen-bond donors (Lipinski definition) is 0. The van der Waals surface area contributed by atoms with Crippen molar-refractivity contribution in [2.24, 2.45) is 5.92 Å². The predicted octanol–water partition coefficient (Wildman–Crippen LogP) is 1.57. The fourth-order valence-electron chi connectivity index (χ4n) is 2.18. The van der Waals surface area contributed by atoms with Gasteiger partial charge in [-0.05, 0) is 27.2 Å². The zero-order valence-corrected chi connectivity index (χ0v) is 11.0. The van der Waals surface area contributed by atoms with Crippen LogP contribution < -0.4 is 0 Å². The van der Waals surface area contributed by atoms with Gasteiger partial charge in [0.05, 0.1) is 18.6 Å². The zero-order chi connectivity index (χ0) is 13.7. The Balaban J connectivity index is 2.96. The molecule has 5 heteroatoms.